The highest BCUT2D eigenvalue weighted by molar-refractivity contribution is 7.09. The van der Waals surface area contributed by atoms with Crippen LogP contribution in [0, 0.1) is 0 Å². The SMILES string of the molecule is CC(C)(C)OC(=O)N1CCC(c2nc(C(=O)Oc3cccc4ccccc34)cs2)CC1. The molecule has 1 aliphatic rings. The average Bonchev–Trinajstić information content (AvgIpc) is 3.23. The molecule has 0 bridgehead atoms. The summed E-state index contributed by atoms with van der Waals surface area (Å²) in [7, 11) is 0. The number of carbonyl (C=O) groups excluding carboxylic acids is 2. The van der Waals surface area contributed by atoms with Crippen molar-refractivity contribution in [3.63, 3.8) is 0 Å². The molecule has 2 aromatic carbocycles. The van der Waals surface area contributed by atoms with Crippen LogP contribution >= 0.6 is 11.3 Å². The molecule has 1 aliphatic heterocycles. The lowest BCUT2D eigenvalue weighted by Gasteiger charge is -2.32. The Bertz CT molecular complexity index is 1090. The van der Waals surface area contributed by atoms with Gasteiger partial charge >= 0.3 is 12.1 Å². The van der Waals surface area contributed by atoms with Crippen LogP contribution < -0.4 is 4.74 Å². The van der Waals surface area contributed by atoms with Crippen LogP contribution in [0.5, 0.6) is 5.75 Å². The lowest BCUT2D eigenvalue weighted by atomic mass is 9.98. The number of piperidine rings is 1. The zero-order chi connectivity index (χ0) is 22.0. The summed E-state index contributed by atoms with van der Waals surface area (Å²) >= 11 is 1.47. The van der Waals surface area contributed by atoms with Crippen LogP contribution in [0.25, 0.3) is 10.8 Å². The van der Waals surface area contributed by atoms with Crippen LogP contribution in [0.3, 0.4) is 0 Å². The van der Waals surface area contributed by atoms with Crippen LogP contribution in [0.2, 0.25) is 0 Å². The predicted octanol–water partition coefficient (Wildman–Crippen LogP) is 5.63. The maximum absolute atomic E-state index is 12.7. The second-order valence-electron chi connectivity index (χ2n) is 8.68. The zero-order valence-corrected chi connectivity index (χ0v) is 18.8. The lowest BCUT2D eigenvalue weighted by Crippen LogP contribution is -2.41. The van der Waals surface area contributed by atoms with Gasteiger partial charge in [-0.3, -0.25) is 0 Å². The van der Waals surface area contributed by atoms with Gasteiger partial charge in [-0.05, 0) is 45.1 Å². The summed E-state index contributed by atoms with van der Waals surface area (Å²) in [5.41, 5.74) is -0.176. The number of aromatic nitrogens is 1. The van der Waals surface area contributed by atoms with Crippen molar-refractivity contribution in [2.45, 2.75) is 45.1 Å². The molecule has 4 rings (SSSR count). The molecule has 0 aliphatic carbocycles. The summed E-state index contributed by atoms with van der Waals surface area (Å²) in [5.74, 6) is 0.302. The van der Waals surface area contributed by atoms with Gasteiger partial charge in [0.1, 0.15) is 11.4 Å². The molecule has 0 radical (unpaired) electrons. The predicted molar refractivity (Wildman–Crippen MR) is 121 cm³/mol. The zero-order valence-electron chi connectivity index (χ0n) is 18.0. The monoisotopic (exact) mass is 438 g/mol. The Balaban J connectivity index is 1.38. The molecule has 0 saturated carbocycles. The van der Waals surface area contributed by atoms with E-state index in [2.05, 4.69) is 4.98 Å². The number of esters is 1. The van der Waals surface area contributed by atoms with Crippen LogP contribution in [-0.4, -0.2) is 40.6 Å². The summed E-state index contributed by atoms with van der Waals surface area (Å²) in [4.78, 5) is 31.2. The Kier molecular flexibility index (Phi) is 5.96. The van der Waals surface area contributed by atoms with Crippen molar-refractivity contribution >= 4 is 34.2 Å². The van der Waals surface area contributed by atoms with E-state index in [1.807, 2.05) is 57.2 Å². The number of hydrogen-bond acceptors (Lipinski definition) is 6. The van der Waals surface area contributed by atoms with Crippen LogP contribution in [0.15, 0.2) is 47.8 Å². The largest absolute Gasteiger partial charge is 0.444 e. The fourth-order valence-electron chi connectivity index (χ4n) is 3.64. The van der Waals surface area contributed by atoms with Crippen molar-refractivity contribution in [3.05, 3.63) is 58.5 Å². The first-order chi connectivity index (χ1) is 14.8. The van der Waals surface area contributed by atoms with E-state index in [1.54, 1.807) is 16.3 Å². The Hall–Kier alpha value is -2.93. The summed E-state index contributed by atoms with van der Waals surface area (Å²) in [6.07, 6.45) is 1.32. The number of thiazole rings is 1. The minimum absolute atomic E-state index is 0.225. The van der Waals surface area contributed by atoms with Gasteiger partial charge in [0.25, 0.3) is 0 Å². The maximum atomic E-state index is 12.7. The van der Waals surface area contributed by atoms with Gasteiger partial charge in [0, 0.05) is 29.8 Å². The van der Waals surface area contributed by atoms with E-state index >= 15 is 0 Å². The molecule has 31 heavy (non-hydrogen) atoms. The maximum Gasteiger partial charge on any atom is 0.410 e. The quantitative estimate of drug-likeness (QED) is 0.392. The molecule has 2 heterocycles. The number of fused-ring (bicyclic) bond motifs is 1. The Morgan fingerprint density at radius 1 is 1.06 bits per heavy atom. The van der Waals surface area contributed by atoms with Crippen molar-refractivity contribution in [1.29, 1.82) is 0 Å². The minimum Gasteiger partial charge on any atom is -0.444 e. The third kappa shape index (κ3) is 5.05. The van der Waals surface area contributed by atoms with Crippen LogP contribution in [0.1, 0.15) is 55.0 Å². The highest BCUT2D eigenvalue weighted by Gasteiger charge is 2.29. The van der Waals surface area contributed by atoms with Gasteiger partial charge in [-0.1, -0.05) is 36.4 Å². The molecule has 162 valence electrons. The highest BCUT2D eigenvalue weighted by Crippen LogP contribution is 2.32. The van der Waals surface area contributed by atoms with E-state index in [0.717, 1.165) is 28.6 Å². The van der Waals surface area contributed by atoms with Crippen molar-refractivity contribution in [2.75, 3.05) is 13.1 Å². The molecule has 1 amide bonds. The van der Waals surface area contributed by atoms with Gasteiger partial charge in [-0.2, -0.15) is 0 Å². The van der Waals surface area contributed by atoms with Crippen molar-refractivity contribution in [2.24, 2.45) is 0 Å². The number of benzene rings is 2. The number of amides is 1. The van der Waals surface area contributed by atoms with Crippen LogP contribution in [-0.2, 0) is 4.74 Å². The molecule has 3 aromatic rings. The lowest BCUT2D eigenvalue weighted by molar-refractivity contribution is 0.0204. The Labute approximate surface area is 185 Å². The smallest absolute Gasteiger partial charge is 0.410 e. The van der Waals surface area contributed by atoms with Crippen molar-refractivity contribution < 1.29 is 19.1 Å². The van der Waals surface area contributed by atoms with Crippen molar-refractivity contribution in [1.82, 2.24) is 9.88 Å². The summed E-state index contributed by atoms with van der Waals surface area (Å²) < 4.78 is 11.1. The standard InChI is InChI=1S/C24H26N2O4S/c1-24(2,3)30-23(28)26-13-11-17(12-14-26)21-25-19(15-31-21)22(27)29-20-10-6-8-16-7-4-5-9-18(16)20/h4-10,15,17H,11-14H2,1-3H3. The van der Waals surface area contributed by atoms with Gasteiger partial charge in [0.15, 0.2) is 5.69 Å². The van der Waals surface area contributed by atoms with E-state index in [0.29, 0.717) is 24.5 Å². The molecular formula is C24H26N2O4S. The fraction of sp³-hybridized carbons (Fsp3) is 0.375. The number of rotatable bonds is 3. The molecule has 7 heteroatoms. The molecule has 6 nitrogen and oxygen atoms in total. The van der Waals surface area contributed by atoms with Gasteiger partial charge in [-0.15, -0.1) is 11.3 Å². The van der Waals surface area contributed by atoms with E-state index in [4.69, 9.17) is 9.47 Å². The Morgan fingerprint density at radius 2 is 1.77 bits per heavy atom. The van der Waals surface area contributed by atoms with Gasteiger partial charge in [0.2, 0.25) is 0 Å². The molecular weight excluding hydrogens is 412 g/mol. The number of likely N-dealkylation sites (tertiary alicyclic amines) is 1. The van der Waals surface area contributed by atoms with Gasteiger partial charge < -0.3 is 14.4 Å². The Morgan fingerprint density at radius 3 is 2.52 bits per heavy atom. The van der Waals surface area contributed by atoms with Crippen LogP contribution in [0.4, 0.5) is 4.79 Å². The molecule has 0 atom stereocenters. The van der Waals surface area contributed by atoms with Crippen molar-refractivity contribution in [3.8, 4) is 5.75 Å². The number of hydrogen-bond donors (Lipinski definition) is 0. The molecule has 1 aromatic heterocycles. The first-order valence-corrected chi connectivity index (χ1v) is 11.3. The molecule has 1 saturated heterocycles. The first kappa shape index (κ1) is 21.3. The second-order valence-corrected chi connectivity index (χ2v) is 9.57. The second kappa shape index (κ2) is 8.67. The molecule has 0 N–H and O–H groups in total. The van der Waals surface area contributed by atoms with E-state index in [-0.39, 0.29) is 12.0 Å². The van der Waals surface area contributed by atoms with E-state index < -0.39 is 11.6 Å². The minimum atomic E-state index is -0.497. The molecule has 0 unspecified atom stereocenters. The summed E-state index contributed by atoms with van der Waals surface area (Å²) in [6.45, 7) is 6.84. The summed E-state index contributed by atoms with van der Waals surface area (Å²) in [5, 5.41) is 4.57. The van der Waals surface area contributed by atoms with E-state index in [9.17, 15) is 9.59 Å². The van der Waals surface area contributed by atoms with E-state index in [1.165, 1.54) is 11.3 Å². The molecule has 1 fully saturated rings. The topological polar surface area (TPSA) is 68.7 Å². The highest BCUT2D eigenvalue weighted by atomic mass is 32.1. The van der Waals surface area contributed by atoms with Gasteiger partial charge in [0.05, 0.1) is 5.01 Å². The average molecular weight is 439 g/mol. The normalized spacial score (nSPS) is 15.1. The first-order valence-electron chi connectivity index (χ1n) is 10.4. The third-order valence-electron chi connectivity index (χ3n) is 5.18. The third-order valence-corrected chi connectivity index (χ3v) is 6.19. The number of ether oxygens (including phenoxy) is 2. The molecule has 0 spiro atoms. The van der Waals surface area contributed by atoms with Gasteiger partial charge in [-0.25, -0.2) is 14.6 Å². The number of carbonyl (C=O) groups is 2. The fourth-order valence-corrected chi connectivity index (χ4v) is 4.60. The summed E-state index contributed by atoms with van der Waals surface area (Å²) in [6, 6.07) is 13.4. The number of nitrogens with zero attached hydrogens (tertiary/aromatic N) is 2.